The molecule has 0 atom stereocenters. The molecule has 7 heteroatoms. The first-order valence-corrected chi connectivity index (χ1v) is 12.6. The second kappa shape index (κ2) is 11.3. The molecule has 1 heterocycles. The average Bonchev–Trinajstić information content (AvgIpc) is 3.07. The van der Waals surface area contributed by atoms with Crippen molar-refractivity contribution in [3.05, 3.63) is 34.9 Å². The van der Waals surface area contributed by atoms with Crippen LogP contribution in [0.15, 0.2) is 18.2 Å². The lowest BCUT2D eigenvalue weighted by atomic mass is 9.83. The van der Waals surface area contributed by atoms with Gasteiger partial charge in [-0.05, 0) is 56.6 Å². The number of halogens is 1. The maximum absolute atomic E-state index is 13.1. The summed E-state index contributed by atoms with van der Waals surface area (Å²) in [6, 6.07) is 6.22. The van der Waals surface area contributed by atoms with Crippen molar-refractivity contribution in [3.8, 4) is 11.4 Å². The van der Waals surface area contributed by atoms with E-state index in [1.54, 1.807) is 7.11 Å². The molecule has 1 fully saturated rings. The van der Waals surface area contributed by atoms with Crippen molar-refractivity contribution in [1.82, 2.24) is 14.9 Å². The molecule has 3 rings (SSSR count). The molecule has 1 aliphatic rings. The number of hydrogen-bond acceptors (Lipinski definition) is 4. The van der Waals surface area contributed by atoms with Crippen LogP contribution in [0.5, 0.6) is 5.75 Å². The summed E-state index contributed by atoms with van der Waals surface area (Å²) < 4.78 is 7.55. The zero-order valence-electron chi connectivity index (χ0n) is 20.9. The number of nitrogens with zero attached hydrogens (tertiary/aromatic N) is 2. The van der Waals surface area contributed by atoms with Crippen LogP contribution in [0.25, 0.3) is 5.69 Å². The molecule has 0 radical (unpaired) electrons. The highest BCUT2D eigenvalue weighted by Crippen LogP contribution is 2.33. The molecule has 1 aromatic heterocycles. The molecule has 2 N–H and O–H groups in total. The maximum Gasteiger partial charge on any atom is 0.273 e. The SMILES string of the molecule is COc1cc(NC(C)C)ccc1-n1c(CC(C)C)nc(C(=O)NCC2CCC(C)CC2)c1Cl. The summed E-state index contributed by atoms with van der Waals surface area (Å²) in [5, 5.41) is 6.80. The minimum absolute atomic E-state index is 0.209. The second-order valence-electron chi connectivity index (χ2n) is 10.1. The fourth-order valence-corrected chi connectivity index (χ4v) is 4.79. The third kappa shape index (κ3) is 6.44. The van der Waals surface area contributed by atoms with Gasteiger partial charge in [-0.3, -0.25) is 9.36 Å². The number of carbonyl (C=O) groups is 1. The van der Waals surface area contributed by atoms with Gasteiger partial charge in [0.05, 0.1) is 12.8 Å². The third-order valence-electron chi connectivity index (χ3n) is 6.26. The Morgan fingerprint density at radius 3 is 2.52 bits per heavy atom. The Bertz CT molecular complexity index is 946. The molecule has 1 saturated carbocycles. The van der Waals surface area contributed by atoms with Gasteiger partial charge in [0.15, 0.2) is 5.69 Å². The molecule has 0 spiro atoms. The van der Waals surface area contributed by atoms with Gasteiger partial charge >= 0.3 is 0 Å². The first-order chi connectivity index (χ1) is 15.7. The van der Waals surface area contributed by atoms with E-state index >= 15 is 0 Å². The number of imidazole rings is 1. The monoisotopic (exact) mass is 474 g/mol. The molecular formula is C26H39ClN4O2. The molecule has 6 nitrogen and oxygen atoms in total. The zero-order valence-corrected chi connectivity index (χ0v) is 21.6. The minimum Gasteiger partial charge on any atom is -0.494 e. The normalized spacial score (nSPS) is 18.6. The Morgan fingerprint density at radius 2 is 1.91 bits per heavy atom. The van der Waals surface area contributed by atoms with E-state index < -0.39 is 0 Å². The van der Waals surface area contributed by atoms with Crippen LogP contribution in [0.3, 0.4) is 0 Å². The lowest BCUT2D eigenvalue weighted by molar-refractivity contribution is 0.0937. The number of benzene rings is 1. The fraction of sp³-hybridized carbons (Fsp3) is 0.615. The van der Waals surface area contributed by atoms with Gasteiger partial charge in [0.25, 0.3) is 5.91 Å². The molecule has 33 heavy (non-hydrogen) atoms. The van der Waals surface area contributed by atoms with Crippen LogP contribution in [0.1, 0.15) is 76.6 Å². The summed E-state index contributed by atoms with van der Waals surface area (Å²) in [4.78, 5) is 17.8. The molecule has 1 amide bonds. The first-order valence-electron chi connectivity index (χ1n) is 12.2. The lowest BCUT2D eigenvalue weighted by Crippen LogP contribution is -2.31. The first kappa shape index (κ1) is 25.4. The number of carbonyl (C=O) groups excluding carboxylic acids is 1. The quantitative estimate of drug-likeness (QED) is 0.460. The highest BCUT2D eigenvalue weighted by atomic mass is 35.5. The van der Waals surface area contributed by atoms with Gasteiger partial charge in [-0.1, -0.05) is 45.2 Å². The summed E-state index contributed by atoms with van der Waals surface area (Å²) in [6.07, 6.45) is 5.49. The highest BCUT2D eigenvalue weighted by Gasteiger charge is 2.26. The molecule has 182 valence electrons. The molecule has 0 saturated heterocycles. The summed E-state index contributed by atoms with van der Waals surface area (Å²) in [7, 11) is 1.64. The van der Waals surface area contributed by atoms with Gasteiger partial charge in [0.2, 0.25) is 0 Å². The molecule has 1 aromatic carbocycles. The number of methoxy groups -OCH3 is 1. The Kier molecular flexibility index (Phi) is 8.69. The molecule has 1 aliphatic carbocycles. The summed E-state index contributed by atoms with van der Waals surface area (Å²) in [5.41, 5.74) is 2.02. The molecule has 0 unspecified atom stereocenters. The van der Waals surface area contributed by atoms with Crippen molar-refractivity contribution >= 4 is 23.2 Å². The van der Waals surface area contributed by atoms with Crippen LogP contribution in [0.4, 0.5) is 5.69 Å². The summed E-state index contributed by atoms with van der Waals surface area (Å²) >= 11 is 6.80. The van der Waals surface area contributed by atoms with E-state index in [1.165, 1.54) is 12.8 Å². The Balaban J connectivity index is 1.89. The van der Waals surface area contributed by atoms with Crippen LogP contribution >= 0.6 is 11.6 Å². The number of aromatic nitrogens is 2. The number of amides is 1. The zero-order chi connectivity index (χ0) is 24.1. The van der Waals surface area contributed by atoms with Crippen molar-refractivity contribution in [3.63, 3.8) is 0 Å². The van der Waals surface area contributed by atoms with Crippen molar-refractivity contribution < 1.29 is 9.53 Å². The van der Waals surface area contributed by atoms with E-state index in [0.29, 0.717) is 41.7 Å². The van der Waals surface area contributed by atoms with Crippen LogP contribution in [-0.2, 0) is 6.42 Å². The Hall–Kier alpha value is -2.21. The van der Waals surface area contributed by atoms with Gasteiger partial charge in [-0.25, -0.2) is 4.98 Å². The van der Waals surface area contributed by atoms with Crippen molar-refractivity contribution in [1.29, 1.82) is 0 Å². The number of ether oxygens (including phenoxy) is 1. The molecule has 2 aromatic rings. The number of anilines is 1. The van der Waals surface area contributed by atoms with Crippen LogP contribution in [0.2, 0.25) is 5.15 Å². The minimum atomic E-state index is -0.209. The van der Waals surface area contributed by atoms with E-state index in [4.69, 9.17) is 21.3 Å². The van der Waals surface area contributed by atoms with E-state index in [0.717, 1.165) is 36.0 Å². The van der Waals surface area contributed by atoms with Crippen LogP contribution < -0.4 is 15.4 Å². The van der Waals surface area contributed by atoms with Gasteiger partial charge in [0.1, 0.15) is 16.7 Å². The molecular weight excluding hydrogens is 436 g/mol. The van der Waals surface area contributed by atoms with Gasteiger partial charge < -0.3 is 15.4 Å². The molecule has 0 bridgehead atoms. The fourth-order valence-electron chi connectivity index (χ4n) is 4.48. The average molecular weight is 475 g/mol. The van der Waals surface area contributed by atoms with E-state index in [2.05, 4.69) is 45.3 Å². The van der Waals surface area contributed by atoms with Crippen molar-refractivity contribution in [2.75, 3.05) is 19.0 Å². The standard InChI is InChI=1S/C26H39ClN4O2/c1-16(2)13-23-30-24(26(32)28-15-19-9-7-18(5)8-10-19)25(27)31(23)21-12-11-20(29-17(3)4)14-22(21)33-6/h11-12,14,16-19,29H,7-10,13,15H2,1-6H3,(H,28,32). The largest absolute Gasteiger partial charge is 0.494 e. The van der Waals surface area contributed by atoms with E-state index in [-0.39, 0.29) is 11.6 Å². The van der Waals surface area contributed by atoms with E-state index in [9.17, 15) is 4.79 Å². The number of rotatable bonds is 9. The van der Waals surface area contributed by atoms with Crippen LogP contribution in [0, 0.1) is 17.8 Å². The predicted octanol–water partition coefficient (Wildman–Crippen LogP) is 6.11. The molecule has 0 aliphatic heterocycles. The van der Waals surface area contributed by atoms with Gasteiger partial charge in [-0.15, -0.1) is 0 Å². The summed E-state index contributed by atoms with van der Waals surface area (Å²) in [6.45, 7) is 11.4. The van der Waals surface area contributed by atoms with Gasteiger partial charge in [-0.2, -0.15) is 0 Å². The number of nitrogens with one attached hydrogen (secondary N) is 2. The maximum atomic E-state index is 13.1. The van der Waals surface area contributed by atoms with E-state index in [1.807, 2.05) is 22.8 Å². The summed E-state index contributed by atoms with van der Waals surface area (Å²) in [5.74, 6) is 2.90. The topological polar surface area (TPSA) is 68.2 Å². The second-order valence-corrected chi connectivity index (χ2v) is 10.5. The Morgan fingerprint density at radius 1 is 1.21 bits per heavy atom. The third-order valence-corrected chi connectivity index (χ3v) is 6.61. The van der Waals surface area contributed by atoms with Crippen LogP contribution in [-0.4, -0.2) is 35.2 Å². The van der Waals surface area contributed by atoms with Crippen molar-refractivity contribution in [2.24, 2.45) is 17.8 Å². The highest BCUT2D eigenvalue weighted by molar-refractivity contribution is 6.33. The van der Waals surface area contributed by atoms with Gasteiger partial charge in [0, 0.05) is 30.8 Å². The van der Waals surface area contributed by atoms with Crippen molar-refractivity contribution in [2.45, 2.75) is 72.8 Å². The lowest BCUT2D eigenvalue weighted by Gasteiger charge is -2.26. The predicted molar refractivity (Wildman–Crippen MR) is 136 cm³/mol. The number of hydrogen-bond donors (Lipinski definition) is 2. The Labute approximate surface area is 203 Å². The smallest absolute Gasteiger partial charge is 0.273 e.